The monoisotopic (exact) mass is 445 g/mol. The van der Waals surface area contributed by atoms with E-state index < -0.39 is 19.3 Å². The molecular formula is C20H24F5N5O. The van der Waals surface area contributed by atoms with E-state index in [0.717, 1.165) is 5.69 Å². The molecule has 11 heteroatoms. The molecule has 0 aromatic carbocycles. The van der Waals surface area contributed by atoms with Crippen LogP contribution in [0.25, 0.3) is 11.3 Å². The Kier molecular flexibility index (Phi) is 5.57. The lowest BCUT2D eigenvalue weighted by atomic mass is 10.0. The number of ether oxygens (including phenoxy) is 1. The zero-order valence-corrected chi connectivity index (χ0v) is 17.0. The van der Waals surface area contributed by atoms with Gasteiger partial charge in [-0.25, -0.2) is 4.98 Å². The summed E-state index contributed by atoms with van der Waals surface area (Å²) in [7, 11) is 0. The lowest BCUT2D eigenvalue weighted by Crippen LogP contribution is -2.36. The lowest BCUT2D eigenvalue weighted by molar-refractivity contribution is -0.126. The summed E-state index contributed by atoms with van der Waals surface area (Å²) in [5.74, 6) is 0.507. The summed E-state index contributed by atoms with van der Waals surface area (Å²) in [6.45, 7) is -0.0201. The molecule has 0 amide bonds. The Labute approximate surface area is 176 Å². The van der Waals surface area contributed by atoms with Crippen molar-refractivity contribution < 1.29 is 26.7 Å². The first-order chi connectivity index (χ1) is 14.5. The molecule has 2 aliphatic rings. The minimum Gasteiger partial charge on any atom is -0.431 e. The maximum atomic E-state index is 12.6. The van der Waals surface area contributed by atoms with Crippen LogP contribution in [0, 0.1) is 11.8 Å². The van der Waals surface area contributed by atoms with Gasteiger partial charge in [-0.2, -0.15) is 27.1 Å². The molecule has 6 nitrogen and oxygen atoms in total. The maximum absolute atomic E-state index is 12.6. The number of nitrogens with zero attached hydrogens (tertiary/aromatic N) is 3. The number of halogens is 5. The molecule has 2 fully saturated rings. The molecule has 4 rings (SSSR count). The van der Waals surface area contributed by atoms with Crippen molar-refractivity contribution in [1.82, 2.24) is 20.1 Å². The third-order valence-electron chi connectivity index (χ3n) is 6.03. The van der Waals surface area contributed by atoms with Crippen molar-refractivity contribution in [2.75, 3.05) is 12.3 Å². The van der Waals surface area contributed by atoms with Crippen molar-refractivity contribution in [2.45, 2.75) is 57.5 Å². The van der Waals surface area contributed by atoms with Crippen molar-refractivity contribution in [1.29, 1.82) is 0 Å². The number of rotatable bonds is 7. The second-order valence-electron chi connectivity index (χ2n) is 8.50. The molecule has 2 heterocycles. The number of hydrogen-bond donors (Lipinski definition) is 2. The quantitative estimate of drug-likeness (QED) is 0.620. The number of pyridine rings is 1. The minimum absolute atomic E-state index is 0.0581. The van der Waals surface area contributed by atoms with E-state index in [9.17, 15) is 22.0 Å². The fourth-order valence-corrected chi connectivity index (χ4v) is 4.70. The van der Waals surface area contributed by atoms with Crippen LogP contribution in [0.3, 0.4) is 0 Å². The van der Waals surface area contributed by atoms with Crippen LogP contribution < -0.4 is 15.8 Å². The van der Waals surface area contributed by atoms with Crippen LogP contribution in [-0.4, -0.2) is 40.1 Å². The molecule has 0 radical (unpaired) electrons. The standard InChI is InChI=1S/C20H24F5N5O/c1-9(2)30-15(17-12-4-11(5-13(12)17)28-8-20(23,24)25)6-14(29-30)10-3-16(31-19(21)22)18(26)27-7-10/h3,6-7,9,11-13,17,19,28H,4-5,8H2,1-2H3,(H2,26,27)/t11-,12+,13-,17-. The van der Waals surface area contributed by atoms with Gasteiger partial charge in [-0.15, -0.1) is 0 Å². The van der Waals surface area contributed by atoms with E-state index in [0.29, 0.717) is 35.9 Å². The Hall–Kier alpha value is -2.43. The predicted octanol–water partition coefficient (Wildman–Crippen LogP) is 4.35. The highest BCUT2D eigenvalue weighted by Crippen LogP contribution is 2.63. The molecule has 2 aromatic heterocycles. The lowest BCUT2D eigenvalue weighted by Gasteiger charge is -2.18. The summed E-state index contributed by atoms with van der Waals surface area (Å²) >= 11 is 0. The van der Waals surface area contributed by atoms with E-state index in [2.05, 4.69) is 20.1 Å². The molecular weight excluding hydrogens is 421 g/mol. The average Bonchev–Trinajstić information content (AvgIpc) is 3.04. The van der Waals surface area contributed by atoms with Gasteiger partial charge < -0.3 is 15.8 Å². The molecule has 4 atom stereocenters. The number of aromatic nitrogens is 3. The van der Waals surface area contributed by atoms with Crippen LogP contribution in [0.15, 0.2) is 18.3 Å². The SMILES string of the molecule is CC(C)n1nc(-c2cnc(N)c(OC(F)F)c2)cc1[C@H]1[C@@H]2C[C@H](NCC(F)(F)F)C[C@@H]21. The van der Waals surface area contributed by atoms with Crippen LogP contribution in [0.4, 0.5) is 27.8 Å². The van der Waals surface area contributed by atoms with Gasteiger partial charge in [-0.1, -0.05) is 0 Å². The van der Waals surface area contributed by atoms with Crippen LogP contribution in [-0.2, 0) is 0 Å². The number of nitrogen functional groups attached to an aromatic ring is 1. The van der Waals surface area contributed by atoms with Crippen molar-refractivity contribution in [3.05, 3.63) is 24.0 Å². The van der Waals surface area contributed by atoms with Gasteiger partial charge in [0.1, 0.15) is 0 Å². The predicted molar refractivity (Wildman–Crippen MR) is 104 cm³/mol. The first-order valence-electron chi connectivity index (χ1n) is 10.1. The Bertz CT molecular complexity index is 933. The summed E-state index contributed by atoms with van der Waals surface area (Å²) < 4.78 is 68.9. The first kappa shape index (κ1) is 21.8. The molecule has 3 N–H and O–H groups in total. The van der Waals surface area contributed by atoms with Gasteiger partial charge in [0.2, 0.25) is 0 Å². The third-order valence-corrected chi connectivity index (χ3v) is 6.03. The average molecular weight is 445 g/mol. The van der Waals surface area contributed by atoms with Crippen molar-refractivity contribution >= 4 is 5.82 Å². The fraction of sp³-hybridized carbons (Fsp3) is 0.600. The van der Waals surface area contributed by atoms with Gasteiger partial charge in [0, 0.05) is 35.5 Å². The molecule has 2 aromatic rings. The highest BCUT2D eigenvalue weighted by atomic mass is 19.4. The fourth-order valence-electron chi connectivity index (χ4n) is 4.70. The molecule has 0 spiro atoms. The zero-order chi connectivity index (χ0) is 22.5. The van der Waals surface area contributed by atoms with Gasteiger partial charge in [0.05, 0.1) is 12.2 Å². The van der Waals surface area contributed by atoms with Crippen LogP contribution in [0.2, 0.25) is 0 Å². The topological polar surface area (TPSA) is 78.0 Å². The molecule has 0 bridgehead atoms. The number of nitrogens with two attached hydrogens (primary N) is 1. The van der Waals surface area contributed by atoms with E-state index in [1.54, 1.807) is 0 Å². The van der Waals surface area contributed by atoms with Crippen molar-refractivity contribution in [2.24, 2.45) is 11.8 Å². The van der Waals surface area contributed by atoms with Gasteiger partial charge in [0.25, 0.3) is 0 Å². The number of fused-ring (bicyclic) bond motifs is 1. The first-order valence-corrected chi connectivity index (χ1v) is 10.1. The second-order valence-corrected chi connectivity index (χ2v) is 8.50. The summed E-state index contributed by atoms with van der Waals surface area (Å²) in [5.41, 5.74) is 7.68. The Balaban J connectivity index is 1.52. The van der Waals surface area contributed by atoms with Crippen molar-refractivity contribution in [3.8, 4) is 17.0 Å². The van der Waals surface area contributed by atoms with E-state index >= 15 is 0 Å². The van der Waals surface area contributed by atoms with Crippen LogP contribution in [0.1, 0.15) is 44.3 Å². The molecule has 0 aliphatic heterocycles. The summed E-state index contributed by atoms with van der Waals surface area (Å²) in [4.78, 5) is 3.93. The molecule has 2 saturated carbocycles. The number of hydrogen-bond acceptors (Lipinski definition) is 5. The normalized spacial score (nSPS) is 25.3. The Morgan fingerprint density at radius 1 is 1.23 bits per heavy atom. The van der Waals surface area contributed by atoms with Gasteiger partial charge in [-0.3, -0.25) is 4.68 Å². The second kappa shape index (κ2) is 7.92. The Morgan fingerprint density at radius 3 is 2.48 bits per heavy atom. The van der Waals surface area contributed by atoms with E-state index in [1.165, 1.54) is 12.3 Å². The highest BCUT2D eigenvalue weighted by molar-refractivity contribution is 5.64. The summed E-state index contributed by atoms with van der Waals surface area (Å²) in [6, 6.07) is 3.22. The van der Waals surface area contributed by atoms with Gasteiger partial charge in [0.15, 0.2) is 11.6 Å². The van der Waals surface area contributed by atoms with E-state index in [-0.39, 0.29) is 29.6 Å². The zero-order valence-electron chi connectivity index (χ0n) is 17.0. The number of anilines is 1. The molecule has 31 heavy (non-hydrogen) atoms. The van der Waals surface area contributed by atoms with Crippen LogP contribution in [0.5, 0.6) is 5.75 Å². The van der Waals surface area contributed by atoms with Crippen molar-refractivity contribution in [3.63, 3.8) is 0 Å². The summed E-state index contributed by atoms with van der Waals surface area (Å²) in [5, 5.41) is 7.24. The highest BCUT2D eigenvalue weighted by Gasteiger charge is 2.58. The maximum Gasteiger partial charge on any atom is 0.401 e. The Morgan fingerprint density at radius 2 is 1.90 bits per heavy atom. The molecule has 0 unspecified atom stereocenters. The van der Waals surface area contributed by atoms with E-state index in [4.69, 9.17) is 5.73 Å². The van der Waals surface area contributed by atoms with E-state index in [1.807, 2.05) is 24.6 Å². The third kappa shape index (κ3) is 4.60. The molecule has 170 valence electrons. The van der Waals surface area contributed by atoms with Gasteiger partial charge in [-0.05, 0) is 50.7 Å². The largest absolute Gasteiger partial charge is 0.431 e. The number of alkyl halides is 5. The molecule has 0 saturated heterocycles. The minimum atomic E-state index is -4.21. The number of nitrogens with one attached hydrogen (secondary N) is 1. The smallest absolute Gasteiger partial charge is 0.401 e. The van der Waals surface area contributed by atoms with Gasteiger partial charge >= 0.3 is 12.8 Å². The molecule has 2 aliphatic carbocycles. The van der Waals surface area contributed by atoms with Crippen LogP contribution >= 0.6 is 0 Å². The summed E-state index contributed by atoms with van der Waals surface area (Å²) in [6.07, 6.45) is -1.37.